The number of hydrogen-bond acceptors (Lipinski definition) is 5. The van der Waals surface area contributed by atoms with Crippen LogP contribution in [0.3, 0.4) is 0 Å². The van der Waals surface area contributed by atoms with Gasteiger partial charge in [-0.1, -0.05) is 0 Å². The van der Waals surface area contributed by atoms with Gasteiger partial charge in [-0.25, -0.2) is 9.97 Å². The molecule has 1 saturated heterocycles. The molecule has 0 bridgehead atoms. The summed E-state index contributed by atoms with van der Waals surface area (Å²) in [5.74, 6) is 2.40. The van der Waals surface area contributed by atoms with Crippen LogP contribution < -0.4 is 4.90 Å². The lowest BCUT2D eigenvalue weighted by molar-refractivity contribution is 0.00647. The number of aliphatic hydroxyl groups is 1. The summed E-state index contributed by atoms with van der Waals surface area (Å²) in [6.45, 7) is 7.84. The van der Waals surface area contributed by atoms with Crippen LogP contribution >= 0.6 is 11.3 Å². The van der Waals surface area contributed by atoms with Crippen molar-refractivity contribution in [1.82, 2.24) is 9.97 Å². The highest BCUT2D eigenvalue weighted by atomic mass is 32.1. The molecule has 0 spiro atoms. The molecule has 4 nitrogen and oxygen atoms in total. The Hall–Kier alpha value is -1.20. The molecule has 1 aliphatic carbocycles. The summed E-state index contributed by atoms with van der Waals surface area (Å²) in [4.78, 5) is 14.7. The molecule has 0 radical (unpaired) electrons. The summed E-state index contributed by atoms with van der Waals surface area (Å²) in [5, 5.41) is 11.6. The Morgan fingerprint density at radius 1 is 1.12 bits per heavy atom. The molecule has 2 aromatic rings. The van der Waals surface area contributed by atoms with Crippen molar-refractivity contribution in [1.29, 1.82) is 0 Å². The Bertz CT molecular complexity index is 754. The van der Waals surface area contributed by atoms with Crippen LogP contribution in [0.4, 0.5) is 5.82 Å². The Morgan fingerprint density at radius 2 is 1.83 bits per heavy atom. The van der Waals surface area contributed by atoms with Gasteiger partial charge in [0.25, 0.3) is 0 Å². The van der Waals surface area contributed by atoms with Crippen molar-refractivity contribution in [2.24, 2.45) is 5.92 Å². The van der Waals surface area contributed by atoms with Gasteiger partial charge >= 0.3 is 0 Å². The minimum Gasteiger partial charge on any atom is -0.390 e. The maximum atomic E-state index is 10.3. The van der Waals surface area contributed by atoms with Crippen molar-refractivity contribution < 1.29 is 5.11 Å². The van der Waals surface area contributed by atoms with Crippen LogP contribution in [0, 0.1) is 12.8 Å². The van der Waals surface area contributed by atoms with Crippen molar-refractivity contribution in [2.45, 2.75) is 64.9 Å². The van der Waals surface area contributed by atoms with Gasteiger partial charge in [0.05, 0.1) is 11.0 Å². The number of thiophene rings is 1. The molecular formula is C19H27N3OS. The lowest BCUT2D eigenvalue weighted by atomic mass is 9.83. The third kappa shape index (κ3) is 2.82. The molecule has 0 saturated carbocycles. The van der Waals surface area contributed by atoms with Crippen molar-refractivity contribution in [3.05, 3.63) is 16.3 Å². The average Bonchev–Trinajstić information content (AvgIpc) is 2.91. The monoisotopic (exact) mass is 345 g/mol. The van der Waals surface area contributed by atoms with Crippen LogP contribution in [0.25, 0.3) is 10.2 Å². The highest BCUT2D eigenvalue weighted by Crippen LogP contribution is 2.41. The van der Waals surface area contributed by atoms with E-state index in [-0.39, 0.29) is 0 Å². The van der Waals surface area contributed by atoms with Gasteiger partial charge in [0.15, 0.2) is 0 Å². The molecule has 3 heterocycles. The standard InChI is InChI=1S/C19H27N3OS/c1-12-20-17(22-10-8-13(9-11-22)19(2,3)23)16-14-6-4-5-7-15(14)24-18(16)21-12/h13,23H,4-11H2,1-3H3. The first-order valence-corrected chi connectivity index (χ1v) is 10.0. The number of aryl methyl sites for hydroxylation is 3. The Labute approximate surface area is 147 Å². The van der Waals surface area contributed by atoms with E-state index in [0.29, 0.717) is 5.92 Å². The summed E-state index contributed by atoms with van der Waals surface area (Å²) in [6, 6.07) is 0. The summed E-state index contributed by atoms with van der Waals surface area (Å²) >= 11 is 1.88. The van der Waals surface area contributed by atoms with E-state index in [9.17, 15) is 5.11 Å². The van der Waals surface area contributed by atoms with E-state index in [0.717, 1.165) is 37.6 Å². The molecule has 24 heavy (non-hydrogen) atoms. The smallest absolute Gasteiger partial charge is 0.141 e. The van der Waals surface area contributed by atoms with Gasteiger partial charge in [0.1, 0.15) is 16.5 Å². The number of hydrogen-bond donors (Lipinski definition) is 1. The largest absolute Gasteiger partial charge is 0.390 e. The van der Waals surface area contributed by atoms with Gasteiger partial charge in [-0.05, 0) is 70.8 Å². The van der Waals surface area contributed by atoms with Crippen molar-refractivity contribution in [3.63, 3.8) is 0 Å². The highest BCUT2D eigenvalue weighted by Gasteiger charge is 2.32. The summed E-state index contributed by atoms with van der Waals surface area (Å²) in [7, 11) is 0. The summed E-state index contributed by atoms with van der Waals surface area (Å²) < 4.78 is 0. The zero-order chi connectivity index (χ0) is 16.9. The van der Waals surface area contributed by atoms with E-state index >= 15 is 0 Å². The normalized spacial score (nSPS) is 19.8. The number of nitrogens with zero attached hydrogens (tertiary/aromatic N) is 3. The molecule has 0 aromatic carbocycles. The topological polar surface area (TPSA) is 49.2 Å². The Morgan fingerprint density at radius 3 is 2.54 bits per heavy atom. The highest BCUT2D eigenvalue weighted by molar-refractivity contribution is 7.19. The third-order valence-corrected chi connectivity index (χ3v) is 6.89. The number of anilines is 1. The zero-order valence-electron chi connectivity index (χ0n) is 14.9. The molecule has 2 aromatic heterocycles. The van der Waals surface area contributed by atoms with E-state index in [1.54, 1.807) is 0 Å². The average molecular weight is 346 g/mol. The predicted molar refractivity (Wildman–Crippen MR) is 100 cm³/mol. The lowest BCUT2D eigenvalue weighted by Crippen LogP contribution is -2.42. The molecule has 0 atom stereocenters. The molecule has 1 aliphatic heterocycles. The molecular weight excluding hydrogens is 318 g/mol. The van der Waals surface area contributed by atoms with Crippen LogP contribution in [0.2, 0.25) is 0 Å². The second-order valence-electron chi connectivity index (χ2n) is 7.90. The Balaban J connectivity index is 1.70. The predicted octanol–water partition coefficient (Wildman–Crippen LogP) is 3.87. The lowest BCUT2D eigenvalue weighted by Gasteiger charge is -2.38. The minimum atomic E-state index is -0.579. The molecule has 130 valence electrons. The van der Waals surface area contributed by atoms with Crippen LogP contribution in [0.15, 0.2) is 0 Å². The van der Waals surface area contributed by atoms with E-state index in [1.165, 1.54) is 46.3 Å². The molecule has 5 heteroatoms. The van der Waals surface area contributed by atoms with Gasteiger partial charge in [-0.2, -0.15) is 0 Å². The number of aromatic nitrogens is 2. The van der Waals surface area contributed by atoms with E-state index < -0.39 is 5.60 Å². The van der Waals surface area contributed by atoms with E-state index in [1.807, 2.05) is 32.1 Å². The number of fused-ring (bicyclic) bond motifs is 3. The first-order chi connectivity index (χ1) is 11.4. The van der Waals surface area contributed by atoms with Crippen LogP contribution in [-0.2, 0) is 12.8 Å². The van der Waals surface area contributed by atoms with Gasteiger partial charge in [-0.3, -0.25) is 0 Å². The fraction of sp³-hybridized carbons (Fsp3) is 0.684. The molecule has 1 N–H and O–H groups in total. The second-order valence-corrected chi connectivity index (χ2v) is 8.98. The van der Waals surface area contributed by atoms with Gasteiger partial charge in [-0.15, -0.1) is 11.3 Å². The number of rotatable bonds is 2. The van der Waals surface area contributed by atoms with Gasteiger partial charge < -0.3 is 10.0 Å². The van der Waals surface area contributed by atoms with Gasteiger partial charge in [0.2, 0.25) is 0 Å². The quantitative estimate of drug-likeness (QED) is 0.898. The van der Waals surface area contributed by atoms with E-state index in [2.05, 4.69) is 4.90 Å². The molecule has 0 amide bonds. The SMILES string of the molecule is Cc1nc(N2CCC(C(C)(C)O)CC2)c2c3c(sc2n1)CCCC3. The zero-order valence-corrected chi connectivity index (χ0v) is 15.7. The van der Waals surface area contributed by atoms with E-state index in [4.69, 9.17) is 9.97 Å². The fourth-order valence-electron chi connectivity index (χ4n) is 4.27. The minimum absolute atomic E-state index is 0.378. The van der Waals surface area contributed by atoms with Crippen LogP contribution in [0.5, 0.6) is 0 Å². The van der Waals surface area contributed by atoms with Crippen LogP contribution in [0.1, 0.15) is 55.8 Å². The molecule has 1 fully saturated rings. The first kappa shape index (κ1) is 16.3. The van der Waals surface area contributed by atoms with Gasteiger partial charge in [0, 0.05) is 18.0 Å². The number of piperidine rings is 1. The van der Waals surface area contributed by atoms with Crippen molar-refractivity contribution in [3.8, 4) is 0 Å². The second kappa shape index (κ2) is 5.95. The molecule has 2 aliphatic rings. The molecule has 0 unspecified atom stereocenters. The summed E-state index contributed by atoms with van der Waals surface area (Å²) in [6.07, 6.45) is 7.02. The molecule has 4 rings (SSSR count). The Kier molecular flexibility index (Phi) is 4.04. The fourth-order valence-corrected chi connectivity index (χ4v) is 5.57. The van der Waals surface area contributed by atoms with Crippen molar-refractivity contribution >= 4 is 27.4 Å². The third-order valence-electron chi connectivity index (χ3n) is 5.70. The first-order valence-electron chi connectivity index (χ1n) is 9.19. The maximum Gasteiger partial charge on any atom is 0.141 e. The van der Waals surface area contributed by atoms with Crippen molar-refractivity contribution in [2.75, 3.05) is 18.0 Å². The van der Waals surface area contributed by atoms with Crippen LogP contribution in [-0.4, -0.2) is 33.8 Å². The maximum absolute atomic E-state index is 10.3. The summed E-state index contributed by atoms with van der Waals surface area (Å²) in [5.41, 5.74) is 0.936.